The summed E-state index contributed by atoms with van der Waals surface area (Å²) in [5, 5.41) is 4.93. The molecule has 0 aromatic carbocycles. The second-order valence-corrected chi connectivity index (χ2v) is 3.85. The number of nitrogens with one attached hydrogen (secondary N) is 2. The van der Waals surface area contributed by atoms with Gasteiger partial charge in [-0.05, 0) is 0 Å². The molecule has 0 bridgehead atoms. The van der Waals surface area contributed by atoms with E-state index in [4.69, 9.17) is 0 Å². The minimum Gasteiger partial charge on any atom is -0.311 e. The van der Waals surface area contributed by atoms with Crippen LogP contribution in [0, 0.1) is 0 Å². The minimum absolute atomic E-state index is 0.0970. The lowest BCUT2D eigenvalue weighted by molar-refractivity contribution is -0.147. The Morgan fingerprint density at radius 3 is 1.25 bits per heavy atom. The monoisotopic (exact) mass is 250 g/mol. The molecule has 96 valence electrons. The largest absolute Gasteiger partial charge is 0.390 e. The Morgan fingerprint density at radius 2 is 1.06 bits per heavy atom. The van der Waals surface area contributed by atoms with Crippen molar-refractivity contribution in [2.75, 3.05) is 13.1 Å². The molecule has 1 heterocycles. The number of rotatable bonds is 2. The summed E-state index contributed by atoms with van der Waals surface area (Å²) in [7, 11) is 0. The predicted octanol–water partition coefficient (Wildman–Crippen LogP) is 1.82. The SMILES string of the molecule is FC(F)(F)C[C@H]1CN[C@@H](CC(F)(F)F)CN1. The van der Waals surface area contributed by atoms with Gasteiger partial charge in [0.15, 0.2) is 0 Å². The van der Waals surface area contributed by atoms with Crippen molar-refractivity contribution in [2.45, 2.75) is 37.3 Å². The van der Waals surface area contributed by atoms with Crippen LogP contribution < -0.4 is 10.6 Å². The smallest absolute Gasteiger partial charge is 0.311 e. The molecule has 16 heavy (non-hydrogen) atoms. The van der Waals surface area contributed by atoms with Crippen molar-refractivity contribution < 1.29 is 26.3 Å². The van der Waals surface area contributed by atoms with Crippen molar-refractivity contribution >= 4 is 0 Å². The van der Waals surface area contributed by atoms with Gasteiger partial charge in [0.1, 0.15) is 0 Å². The number of alkyl halides is 6. The third-order valence-corrected chi connectivity index (χ3v) is 2.26. The van der Waals surface area contributed by atoms with E-state index in [9.17, 15) is 26.3 Å². The summed E-state index contributed by atoms with van der Waals surface area (Å²) >= 11 is 0. The summed E-state index contributed by atoms with van der Waals surface area (Å²) in [5.41, 5.74) is 0. The van der Waals surface area contributed by atoms with Crippen molar-refractivity contribution in [1.29, 1.82) is 0 Å². The van der Waals surface area contributed by atoms with Gasteiger partial charge in [-0.1, -0.05) is 0 Å². The molecule has 0 aromatic rings. The molecule has 0 radical (unpaired) electrons. The lowest BCUT2D eigenvalue weighted by Crippen LogP contribution is -2.56. The second kappa shape index (κ2) is 4.79. The van der Waals surface area contributed by atoms with Crippen LogP contribution in [-0.4, -0.2) is 37.5 Å². The molecule has 0 aliphatic carbocycles. The first-order valence-corrected chi connectivity index (χ1v) is 4.76. The predicted molar refractivity (Wildman–Crippen MR) is 44.9 cm³/mol. The third kappa shape index (κ3) is 5.55. The third-order valence-electron chi connectivity index (χ3n) is 2.26. The Bertz CT molecular complexity index is 192. The van der Waals surface area contributed by atoms with Gasteiger partial charge >= 0.3 is 12.4 Å². The Hall–Kier alpha value is -0.500. The number of hydrogen-bond donors (Lipinski definition) is 2. The van der Waals surface area contributed by atoms with Crippen LogP contribution in [0.15, 0.2) is 0 Å². The first kappa shape index (κ1) is 13.6. The van der Waals surface area contributed by atoms with Crippen molar-refractivity contribution in [3.63, 3.8) is 0 Å². The number of piperazine rings is 1. The molecule has 8 heteroatoms. The van der Waals surface area contributed by atoms with Gasteiger partial charge in [0.25, 0.3) is 0 Å². The van der Waals surface area contributed by atoms with Crippen LogP contribution in [-0.2, 0) is 0 Å². The van der Waals surface area contributed by atoms with Crippen molar-refractivity contribution in [3.05, 3.63) is 0 Å². The van der Waals surface area contributed by atoms with E-state index in [-0.39, 0.29) is 13.1 Å². The molecule has 1 aliphatic rings. The summed E-state index contributed by atoms with van der Waals surface area (Å²) in [4.78, 5) is 0. The Labute approximate surface area is 88.4 Å². The molecular formula is C8H12F6N2. The first-order chi connectivity index (χ1) is 7.16. The van der Waals surface area contributed by atoms with Gasteiger partial charge in [0.2, 0.25) is 0 Å². The maximum atomic E-state index is 12.0. The van der Waals surface area contributed by atoms with Crippen LogP contribution in [0.1, 0.15) is 12.8 Å². The van der Waals surface area contributed by atoms with Gasteiger partial charge in [0, 0.05) is 25.2 Å². The summed E-state index contributed by atoms with van der Waals surface area (Å²) < 4.78 is 71.8. The summed E-state index contributed by atoms with van der Waals surface area (Å²) in [6.07, 6.45) is -10.6. The highest BCUT2D eigenvalue weighted by Gasteiger charge is 2.37. The van der Waals surface area contributed by atoms with E-state index in [1.807, 2.05) is 0 Å². The van der Waals surface area contributed by atoms with Gasteiger partial charge in [-0.15, -0.1) is 0 Å². The minimum atomic E-state index is -4.30. The molecule has 1 saturated heterocycles. The van der Waals surface area contributed by atoms with Crippen LogP contribution in [0.4, 0.5) is 26.3 Å². The van der Waals surface area contributed by atoms with Gasteiger partial charge < -0.3 is 10.6 Å². The molecule has 1 rings (SSSR count). The molecule has 2 N–H and O–H groups in total. The molecule has 2 nitrogen and oxygen atoms in total. The van der Waals surface area contributed by atoms with Crippen LogP contribution in [0.2, 0.25) is 0 Å². The van der Waals surface area contributed by atoms with E-state index >= 15 is 0 Å². The fourth-order valence-corrected chi connectivity index (χ4v) is 1.61. The van der Waals surface area contributed by atoms with E-state index in [1.54, 1.807) is 0 Å². The zero-order valence-corrected chi connectivity index (χ0v) is 8.25. The van der Waals surface area contributed by atoms with Gasteiger partial charge in [-0.25, -0.2) is 0 Å². The van der Waals surface area contributed by atoms with Crippen molar-refractivity contribution in [3.8, 4) is 0 Å². The average molecular weight is 250 g/mol. The number of hydrogen-bond acceptors (Lipinski definition) is 2. The maximum absolute atomic E-state index is 12.0. The number of halogens is 6. The van der Waals surface area contributed by atoms with Crippen LogP contribution >= 0.6 is 0 Å². The summed E-state index contributed by atoms with van der Waals surface area (Å²) in [6.45, 7) is -0.194. The summed E-state index contributed by atoms with van der Waals surface area (Å²) in [6, 6.07) is -1.69. The second-order valence-electron chi connectivity index (χ2n) is 3.85. The van der Waals surface area contributed by atoms with Crippen LogP contribution in [0.25, 0.3) is 0 Å². The van der Waals surface area contributed by atoms with Gasteiger partial charge in [-0.2, -0.15) is 26.3 Å². The zero-order chi connectivity index (χ0) is 12.4. The van der Waals surface area contributed by atoms with E-state index in [0.29, 0.717) is 0 Å². The molecular weight excluding hydrogens is 238 g/mol. The molecule has 0 aromatic heterocycles. The molecule has 1 aliphatic heterocycles. The topological polar surface area (TPSA) is 24.1 Å². The van der Waals surface area contributed by atoms with E-state index < -0.39 is 37.3 Å². The van der Waals surface area contributed by atoms with E-state index in [2.05, 4.69) is 10.6 Å². The lowest BCUT2D eigenvalue weighted by atomic mass is 10.1. The van der Waals surface area contributed by atoms with Crippen LogP contribution in [0.5, 0.6) is 0 Å². The molecule has 2 atom stereocenters. The molecule has 0 amide bonds. The zero-order valence-electron chi connectivity index (χ0n) is 8.25. The first-order valence-electron chi connectivity index (χ1n) is 4.76. The highest BCUT2D eigenvalue weighted by atomic mass is 19.4. The van der Waals surface area contributed by atoms with E-state index in [0.717, 1.165) is 0 Å². The van der Waals surface area contributed by atoms with Crippen molar-refractivity contribution in [2.24, 2.45) is 0 Å². The standard InChI is InChI=1S/C8H12F6N2/c9-7(10,11)1-5-3-16-6(4-15-5)2-8(12,13)14/h5-6,15-16H,1-4H2/t5-,6-/m0/s1. The Morgan fingerprint density at radius 1 is 0.750 bits per heavy atom. The lowest BCUT2D eigenvalue weighted by Gasteiger charge is -2.32. The van der Waals surface area contributed by atoms with Crippen LogP contribution in [0.3, 0.4) is 0 Å². The highest BCUT2D eigenvalue weighted by molar-refractivity contribution is 4.85. The van der Waals surface area contributed by atoms with Crippen molar-refractivity contribution in [1.82, 2.24) is 10.6 Å². The fraction of sp³-hybridized carbons (Fsp3) is 1.00. The fourth-order valence-electron chi connectivity index (χ4n) is 1.61. The quantitative estimate of drug-likeness (QED) is 0.730. The van der Waals surface area contributed by atoms with Gasteiger partial charge in [0.05, 0.1) is 12.8 Å². The normalized spacial score (nSPS) is 28.1. The Kier molecular flexibility index (Phi) is 4.06. The molecule has 0 unspecified atom stereocenters. The maximum Gasteiger partial charge on any atom is 0.390 e. The Balaban J connectivity index is 2.29. The molecule has 0 spiro atoms. The van der Waals surface area contributed by atoms with Gasteiger partial charge in [-0.3, -0.25) is 0 Å². The summed E-state index contributed by atoms with van der Waals surface area (Å²) in [5.74, 6) is 0. The van der Waals surface area contributed by atoms with E-state index in [1.165, 1.54) is 0 Å². The average Bonchev–Trinajstić information content (AvgIpc) is 2.03. The molecule has 1 fully saturated rings. The highest BCUT2D eigenvalue weighted by Crippen LogP contribution is 2.24. The molecule has 0 saturated carbocycles.